The van der Waals surface area contributed by atoms with E-state index in [1.807, 2.05) is 11.6 Å². The molecule has 0 fully saturated rings. The maximum atomic E-state index is 8.63. The predicted molar refractivity (Wildman–Crippen MR) is 58.2 cm³/mol. The van der Waals surface area contributed by atoms with E-state index in [2.05, 4.69) is 22.5 Å². The second kappa shape index (κ2) is 6.58. The molecule has 0 aliphatic rings. The molecule has 0 radical (unpaired) electrons. The Kier molecular flexibility index (Phi) is 5.01. The number of rotatable bonds is 6. The third-order valence-corrected chi connectivity index (χ3v) is 2.41. The molecule has 1 heterocycles. The molecule has 0 aliphatic heterocycles. The van der Waals surface area contributed by atoms with Gasteiger partial charge in [-0.2, -0.15) is 10.5 Å². The molecule has 0 spiro atoms. The lowest BCUT2D eigenvalue weighted by atomic mass is 10.2. The maximum absolute atomic E-state index is 8.63. The van der Waals surface area contributed by atoms with Crippen LogP contribution in [0.4, 0.5) is 0 Å². The van der Waals surface area contributed by atoms with Crippen molar-refractivity contribution >= 4 is 0 Å². The lowest BCUT2D eigenvalue weighted by molar-refractivity contribution is 0.528. The number of hydrogen-bond acceptors (Lipinski definition) is 4. The van der Waals surface area contributed by atoms with Gasteiger partial charge in [0.1, 0.15) is 0 Å². The van der Waals surface area contributed by atoms with Crippen LogP contribution >= 0.6 is 0 Å². The van der Waals surface area contributed by atoms with Crippen molar-refractivity contribution < 1.29 is 0 Å². The van der Waals surface area contributed by atoms with Crippen LogP contribution in [0.1, 0.15) is 37.6 Å². The molecule has 1 aromatic heterocycles. The van der Waals surface area contributed by atoms with Crippen molar-refractivity contribution in [3.05, 3.63) is 11.4 Å². The van der Waals surface area contributed by atoms with E-state index in [0.29, 0.717) is 12.8 Å². The number of aryl methyl sites for hydroxylation is 1. The zero-order valence-corrected chi connectivity index (χ0v) is 9.48. The summed E-state index contributed by atoms with van der Waals surface area (Å²) in [6.45, 7) is 2.81. The molecular formula is C11H15N5. The summed E-state index contributed by atoms with van der Waals surface area (Å²) in [7, 11) is 0. The van der Waals surface area contributed by atoms with Crippen LogP contribution in [0.15, 0.2) is 0 Å². The Bertz CT molecular complexity index is 407. The lowest BCUT2D eigenvalue weighted by Gasteiger charge is -2.03. The summed E-state index contributed by atoms with van der Waals surface area (Å²) in [4.78, 5) is 0. The molecule has 0 atom stereocenters. The Labute approximate surface area is 95.3 Å². The van der Waals surface area contributed by atoms with Crippen molar-refractivity contribution in [1.82, 2.24) is 15.0 Å². The standard InChI is InChI=1S/C11H15N5/c1-2-11-10(6-8-13)14-15-16(11)9-5-3-4-7-12/h2-6,9H2,1H3. The molecule has 0 aliphatic carbocycles. The highest BCUT2D eigenvalue weighted by Crippen LogP contribution is 2.08. The highest BCUT2D eigenvalue weighted by molar-refractivity contribution is 5.14. The van der Waals surface area contributed by atoms with E-state index >= 15 is 0 Å². The fourth-order valence-electron chi connectivity index (χ4n) is 1.61. The van der Waals surface area contributed by atoms with Crippen LogP contribution in [0, 0.1) is 22.7 Å². The highest BCUT2D eigenvalue weighted by Gasteiger charge is 2.09. The van der Waals surface area contributed by atoms with E-state index in [0.717, 1.165) is 37.2 Å². The fraction of sp³-hybridized carbons (Fsp3) is 0.636. The van der Waals surface area contributed by atoms with Crippen molar-refractivity contribution in [2.45, 2.75) is 45.6 Å². The predicted octanol–water partition coefficient (Wildman–Crippen LogP) is 1.60. The average Bonchev–Trinajstić information content (AvgIpc) is 2.67. The van der Waals surface area contributed by atoms with E-state index in [1.165, 1.54) is 0 Å². The van der Waals surface area contributed by atoms with Crippen LogP contribution in [0.3, 0.4) is 0 Å². The fourth-order valence-corrected chi connectivity index (χ4v) is 1.61. The first-order valence-electron chi connectivity index (χ1n) is 5.48. The van der Waals surface area contributed by atoms with Crippen LogP contribution in [0.5, 0.6) is 0 Å². The second-order valence-electron chi connectivity index (χ2n) is 3.51. The van der Waals surface area contributed by atoms with Gasteiger partial charge in [-0.25, -0.2) is 4.68 Å². The summed E-state index contributed by atoms with van der Waals surface area (Å²) in [6.07, 6.45) is 3.55. The SMILES string of the molecule is CCc1c(CC#N)nnn1CCCCC#N. The van der Waals surface area contributed by atoms with Gasteiger partial charge in [0.05, 0.1) is 29.9 Å². The minimum Gasteiger partial charge on any atom is -0.249 e. The van der Waals surface area contributed by atoms with Crippen LogP contribution in [-0.2, 0) is 19.4 Å². The Morgan fingerprint density at radius 2 is 2.06 bits per heavy atom. The second-order valence-corrected chi connectivity index (χ2v) is 3.51. The van der Waals surface area contributed by atoms with Gasteiger partial charge < -0.3 is 0 Å². The topological polar surface area (TPSA) is 78.3 Å². The third-order valence-electron chi connectivity index (χ3n) is 2.41. The van der Waals surface area contributed by atoms with Crippen molar-refractivity contribution in [3.63, 3.8) is 0 Å². The van der Waals surface area contributed by atoms with E-state index < -0.39 is 0 Å². The minimum atomic E-state index is 0.321. The number of aromatic nitrogens is 3. The van der Waals surface area contributed by atoms with Crippen molar-refractivity contribution in [3.8, 4) is 12.1 Å². The summed E-state index contributed by atoms with van der Waals surface area (Å²) >= 11 is 0. The molecule has 1 aromatic rings. The summed E-state index contributed by atoms with van der Waals surface area (Å²) in [5.41, 5.74) is 1.82. The molecule has 84 valence electrons. The average molecular weight is 217 g/mol. The molecule has 0 saturated heterocycles. The molecule has 0 bridgehead atoms. The Hall–Kier alpha value is -1.88. The number of hydrogen-bond donors (Lipinski definition) is 0. The quantitative estimate of drug-likeness (QED) is 0.678. The van der Waals surface area contributed by atoms with Gasteiger partial charge in [0.15, 0.2) is 0 Å². The monoisotopic (exact) mass is 217 g/mol. The molecule has 1 rings (SSSR count). The van der Waals surface area contributed by atoms with Gasteiger partial charge in [0, 0.05) is 13.0 Å². The maximum Gasteiger partial charge on any atom is 0.0999 e. The van der Waals surface area contributed by atoms with Crippen LogP contribution in [0.2, 0.25) is 0 Å². The van der Waals surface area contributed by atoms with Crippen molar-refractivity contribution in [2.75, 3.05) is 0 Å². The van der Waals surface area contributed by atoms with Crippen LogP contribution in [-0.4, -0.2) is 15.0 Å². The molecule has 16 heavy (non-hydrogen) atoms. The van der Waals surface area contributed by atoms with E-state index in [4.69, 9.17) is 10.5 Å². The zero-order chi connectivity index (χ0) is 11.8. The lowest BCUT2D eigenvalue weighted by Crippen LogP contribution is -2.05. The molecule has 5 heteroatoms. The normalized spacial score (nSPS) is 9.69. The first-order chi connectivity index (χ1) is 7.83. The molecular weight excluding hydrogens is 202 g/mol. The van der Waals surface area contributed by atoms with Crippen LogP contribution < -0.4 is 0 Å². The molecule has 0 amide bonds. The van der Waals surface area contributed by atoms with Gasteiger partial charge in [-0.15, -0.1) is 5.10 Å². The van der Waals surface area contributed by atoms with Gasteiger partial charge in [-0.1, -0.05) is 12.1 Å². The van der Waals surface area contributed by atoms with Crippen molar-refractivity contribution in [1.29, 1.82) is 10.5 Å². The Morgan fingerprint density at radius 3 is 2.69 bits per heavy atom. The van der Waals surface area contributed by atoms with Gasteiger partial charge in [-0.3, -0.25) is 0 Å². The summed E-state index contributed by atoms with van der Waals surface area (Å²) in [6, 6.07) is 4.21. The molecule has 0 aromatic carbocycles. The highest BCUT2D eigenvalue weighted by atomic mass is 15.4. The summed E-state index contributed by atoms with van der Waals surface area (Å²) < 4.78 is 1.85. The third kappa shape index (κ3) is 3.06. The summed E-state index contributed by atoms with van der Waals surface area (Å²) in [5, 5.41) is 25.1. The first-order valence-corrected chi connectivity index (χ1v) is 5.48. The number of nitriles is 2. The van der Waals surface area contributed by atoms with E-state index in [9.17, 15) is 0 Å². The number of unbranched alkanes of at least 4 members (excludes halogenated alkanes) is 2. The van der Waals surface area contributed by atoms with Gasteiger partial charge in [0.2, 0.25) is 0 Å². The largest absolute Gasteiger partial charge is 0.249 e. The smallest absolute Gasteiger partial charge is 0.0999 e. The molecule has 0 saturated carbocycles. The summed E-state index contributed by atoms with van der Waals surface area (Å²) in [5.74, 6) is 0. The van der Waals surface area contributed by atoms with Crippen LogP contribution in [0.25, 0.3) is 0 Å². The van der Waals surface area contributed by atoms with Gasteiger partial charge in [-0.05, 0) is 19.3 Å². The minimum absolute atomic E-state index is 0.321. The Balaban J connectivity index is 2.59. The Morgan fingerprint density at radius 1 is 1.25 bits per heavy atom. The van der Waals surface area contributed by atoms with E-state index in [-0.39, 0.29) is 0 Å². The van der Waals surface area contributed by atoms with E-state index in [1.54, 1.807) is 0 Å². The first kappa shape index (κ1) is 12.2. The van der Waals surface area contributed by atoms with Crippen molar-refractivity contribution in [2.24, 2.45) is 0 Å². The zero-order valence-electron chi connectivity index (χ0n) is 9.48. The number of nitrogens with zero attached hydrogens (tertiary/aromatic N) is 5. The van der Waals surface area contributed by atoms with Gasteiger partial charge in [0.25, 0.3) is 0 Å². The van der Waals surface area contributed by atoms with Gasteiger partial charge >= 0.3 is 0 Å². The molecule has 5 nitrogen and oxygen atoms in total. The molecule has 0 unspecified atom stereocenters. The molecule has 0 N–H and O–H groups in total.